The number of anilines is 2. The molecule has 0 saturated carbocycles. The maximum Gasteiger partial charge on any atom is 0.270 e. The monoisotopic (exact) mass is 753 g/mol. The fourth-order valence-electron chi connectivity index (χ4n) is 6.07. The molecule has 1 amide bonds. The van der Waals surface area contributed by atoms with Gasteiger partial charge in [0.1, 0.15) is 5.75 Å². The second kappa shape index (κ2) is 13.2. The lowest BCUT2D eigenvalue weighted by atomic mass is 9.84. The van der Waals surface area contributed by atoms with Gasteiger partial charge in [0.15, 0.2) is 5.54 Å². The Morgan fingerprint density at radius 2 is 1.72 bits per heavy atom. The molecule has 1 aromatic heterocycles. The van der Waals surface area contributed by atoms with E-state index in [0.717, 1.165) is 45.3 Å². The van der Waals surface area contributed by atoms with Gasteiger partial charge in [-0.05, 0) is 109 Å². The zero-order valence-electron chi connectivity index (χ0n) is 25.9. The number of methoxy groups -OCH3 is 1. The first-order valence-corrected chi connectivity index (χ1v) is 17.6. The van der Waals surface area contributed by atoms with Crippen LogP contribution in [0.2, 0.25) is 0 Å². The Hall–Kier alpha value is -3.72. The summed E-state index contributed by atoms with van der Waals surface area (Å²) in [5, 5.41) is 3.54. The first kappa shape index (κ1) is 32.2. The number of rotatable bonds is 10. The van der Waals surface area contributed by atoms with Crippen LogP contribution in [0.1, 0.15) is 23.6 Å². The number of hydrogen-bond acceptors (Lipinski definition) is 9. The average molecular weight is 754 g/mol. The van der Waals surface area contributed by atoms with E-state index in [2.05, 4.69) is 61.9 Å². The summed E-state index contributed by atoms with van der Waals surface area (Å²) in [6.45, 7) is 6.24. The molecule has 3 heterocycles. The quantitative estimate of drug-likeness (QED) is 0.233. The lowest BCUT2D eigenvalue weighted by molar-refractivity contribution is -0.121. The van der Waals surface area contributed by atoms with Crippen molar-refractivity contribution in [2.45, 2.75) is 23.9 Å². The summed E-state index contributed by atoms with van der Waals surface area (Å²) in [4.78, 5) is 24.1. The van der Waals surface area contributed by atoms with Gasteiger partial charge in [-0.1, -0.05) is 12.1 Å². The third kappa shape index (κ3) is 5.83. The summed E-state index contributed by atoms with van der Waals surface area (Å²) >= 11 is 2.18. The van der Waals surface area contributed by atoms with E-state index in [0.29, 0.717) is 23.5 Å². The van der Waals surface area contributed by atoms with Crippen molar-refractivity contribution in [2.75, 3.05) is 56.1 Å². The molecule has 2 aliphatic rings. The number of halogens is 1. The Morgan fingerprint density at radius 1 is 0.957 bits per heavy atom. The molecule has 12 heteroatoms. The van der Waals surface area contributed by atoms with Crippen molar-refractivity contribution >= 4 is 49.9 Å². The lowest BCUT2D eigenvalue weighted by Gasteiger charge is -2.34. The van der Waals surface area contributed by atoms with E-state index in [1.807, 2.05) is 25.1 Å². The molecule has 0 spiro atoms. The van der Waals surface area contributed by atoms with Crippen LogP contribution in [0, 0.1) is 3.57 Å². The number of nitrogens with zero attached hydrogens (tertiary/aromatic N) is 4. The van der Waals surface area contributed by atoms with Gasteiger partial charge in [0.05, 0.1) is 24.3 Å². The molecule has 10 nitrogen and oxygen atoms in total. The highest BCUT2D eigenvalue weighted by molar-refractivity contribution is 14.1. The summed E-state index contributed by atoms with van der Waals surface area (Å²) < 4.78 is 41.6. The lowest BCUT2D eigenvalue weighted by Crippen LogP contribution is -2.52. The number of fused-ring (bicyclic) bond motifs is 1. The van der Waals surface area contributed by atoms with Gasteiger partial charge < -0.3 is 19.3 Å². The molecular formula is C34H36IN5O5S. The number of aromatic nitrogens is 1. The van der Waals surface area contributed by atoms with Crippen LogP contribution < -0.4 is 24.0 Å². The zero-order chi connectivity index (χ0) is 32.5. The van der Waals surface area contributed by atoms with E-state index >= 15 is 4.79 Å². The van der Waals surface area contributed by atoms with Crippen LogP contribution in [0.4, 0.5) is 11.4 Å². The number of amides is 1. The molecule has 0 radical (unpaired) electrons. The minimum Gasteiger partial charge on any atom is -0.497 e. The molecule has 240 valence electrons. The van der Waals surface area contributed by atoms with Gasteiger partial charge in [-0.25, -0.2) is 17.7 Å². The average Bonchev–Trinajstić information content (AvgIpc) is 3.32. The van der Waals surface area contributed by atoms with Crippen molar-refractivity contribution in [3.63, 3.8) is 0 Å². The van der Waals surface area contributed by atoms with E-state index < -0.39 is 21.5 Å². The molecule has 1 saturated heterocycles. The van der Waals surface area contributed by atoms with Crippen molar-refractivity contribution in [3.05, 3.63) is 105 Å². The van der Waals surface area contributed by atoms with Crippen LogP contribution in [0.5, 0.6) is 11.6 Å². The van der Waals surface area contributed by atoms with E-state index in [1.54, 1.807) is 42.6 Å². The van der Waals surface area contributed by atoms with Crippen LogP contribution in [0.15, 0.2) is 90.0 Å². The molecule has 1 unspecified atom stereocenters. The highest BCUT2D eigenvalue weighted by atomic mass is 127. The molecule has 1 fully saturated rings. The number of carbonyl (C=O) groups excluding carboxylic acids is 1. The van der Waals surface area contributed by atoms with Crippen molar-refractivity contribution in [3.8, 4) is 11.6 Å². The smallest absolute Gasteiger partial charge is 0.270 e. The maximum atomic E-state index is 15.0. The molecule has 6 rings (SSSR count). The van der Waals surface area contributed by atoms with E-state index in [-0.39, 0.29) is 23.0 Å². The highest BCUT2D eigenvalue weighted by Crippen LogP contribution is 2.49. The fraction of sp³-hybridized carbons (Fsp3) is 0.294. The minimum atomic E-state index is -4.34. The molecule has 46 heavy (non-hydrogen) atoms. The number of pyridine rings is 1. The number of piperazine rings is 1. The van der Waals surface area contributed by atoms with Gasteiger partial charge >= 0.3 is 0 Å². The van der Waals surface area contributed by atoms with Crippen LogP contribution in [0.3, 0.4) is 0 Å². The second-order valence-electron chi connectivity index (χ2n) is 11.3. The molecule has 1 atom stereocenters. The van der Waals surface area contributed by atoms with Gasteiger partial charge in [-0.3, -0.25) is 10.1 Å². The number of likely N-dealkylation sites (N-methyl/N-ethyl adjacent to an activating group) is 1. The van der Waals surface area contributed by atoms with Gasteiger partial charge in [0.2, 0.25) is 5.88 Å². The van der Waals surface area contributed by atoms with Crippen LogP contribution in [-0.2, 0) is 26.9 Å². The third-order valence-corrected chi connectivity index (χ3v) is 10.9. The normalized spacial score (nSPS) is 18.5. The van der Waals surface area contributed by atoms with Gasteiger partial charge in [-0.15, -0.1) is 0 Å². The molecule has 4 aromatic rings. The second-order valence-corrected chi connectivity index (χ2v) is 14.3. The van der Waals surface area contributed by atoms with Crippen molar-refractivity contribution in [2.24, 2.45) is 0 Å². The van der Waals surface area contributed by atoms with Crippen molar-refractivity contribution < 1.29 is 22.7 Å². The Labute approximate surface area is 283 Å². The molecule has 1 N–H and O–H groups in total. The molecular weight excluding hydrogens is 717 g/mol. The predicted molar refractivity (Wildman–Crippen MR) is 186 cm³/mol. The number of sulfonamides is 1. The van der Waals surface area contributed by atoms with Gasteiger partial charge in [0, 0.05) is 59.3 Å². The molecule has 3 aromatic carbocycles. The Morgan fingerprint density at radius 3 is 2.43 bits per heavy atom. The number of nitrogens with one attached hydrogen (secondary N) is 1. The highest BCUT2D eigenvalue weighted by Gasteiger charge is 2.57. The van der Waals surface area contributed by atoms with Crippen LogP contribution in [0.25, 0.3) is 0 Å². The summed E-state index contributed by atoms with van der Waals surface area (Å²) in [7, 11) is -0.701. The SMILES string of the molecule is CCOc1ncccc1C1(NCc2cccc(N3CCN(C)CC3)c2)C(=O)N(S(=O)(=O)c2ccc(OC)cc2)c2ccc(I)cc21. The van der Waals surface area contributed by atoms with E-state index in [9.17, 15) is 8.42 Å². The Balaban J connectivity index is 1.48. The van der Waals surface area contributed by atoms with E-state index in [1.165, 1.54) is 19.2 Å². The van der Waals surface area contributed by atoms with Gasteiger partial charge in [-0.2, -0.15) is 0 Å². The zero-order valence-corrected chi connectivity index (χ0v) is 28.9. The minimum absolute atomic E-state index is 0.0296. The summed E-state index contributed by atoms with van der Waals surface area (Å²) in [5.41, 5.74) is 1.64. The third-order valence-electron chi connectivity index (χ3n) is 8.48. The fourth-order valence-corrected chi connectivity index (χ4v) is 8.03. The predicted octanol–water partition coefficient (Wildman–Crippen LogP) is 4.61. The molecule has 0 aliphatic carbocycles. The number of carbonyl (C=O) groups is 1. The summed E-state index contributed by atoms with van der Waals surface area (Å²) in [6.07, 6.45) is 1.60. The van der Waals surface area contributed by atoms with Gasteiger partial charge in [0.25, 0.3) is 15.9 Å². The first-order chi connectivity index (χ1) is 22.2. The Bertz CT molecular complexity index is 1850. The molecule has 2 aliphatic heterocycles. The maximum absolute atomic E-state index is 15.0. The van der Waals surface area contributed by atoms with Crippen LogP contribution >= 0.6 is 22.6 Å². The van der Waals surface area contributed by atoms with E-state index in [4.69, 9.17) is 9.47 Å². The first-order valence-electron chi connectivity index (χ1n) is 15.1. The topological polar surface area (TPSA) is 104 Å². The van der Waals surface area contributed by atoms with Crippen molar-refractivity contribution in [1.29, 1.82) is 0 Å². The van der Waals surface area contributed by atoms with Crippen molar-refractivity contribution in [1.82, 2.24) is 15.2 Å². The standard InChI is InChI=1S/C34H36IN5O5S/c1-4-45-32-29(9-6-16-36-32)34(37-23-24-7-5-8-26(21-24)39-19-17-38(2)18-20-39)30-22-25(35)10-15-31(30)40(33(34)41)46(42,43)28-13-11-27(44-3)12-14-28/h5-16,21-22,37H,4,17-20,23H2,1-3H3. The number of ether oxygens (including phenoxy) is 2. The Kier molecular flexibility index (Phi) is 9.24. The number of hydrogen-bond donors (Lipinski definition) is 1. The molecule has 0 bridgehead atoms. The summed E-state index contributed by atoms with van der Waals surface area (Å²) in [5.74, 6) is 0.100. The number of benzene rings is 3. The summed E-state index contributed by atoms with van der Waals surface area (Å²) in [6, 6.07) is 23.1. The van der Waals surface area contributed by atoms with Crippen LogP contribution in [-0.4, -0.2) is 71.2 Å². The largest absolute Gasteiger partial charge is 0.497 e.